The van der Waals surface area contributed by atoms with Crippen molar-refractivity contribution in [3.05, 3.63) is 53.9 Å². The minimum atomic E-state index is -0.446. The van der Waals surface area contributed by atoms with E-state index in [0.29, 0.717) is 0 Å². The van der Waals surface area contributed by atoms with Crippen LogP contribution in [0.4, 0.5) is 0 Å². The summed E-state index contributed by atoms with van der Waals surface area (Å²) >= 11 is 0. The fourth-order valence-electron chi connectivity index (χ4n) is 1.49. The molecule has 1 amide bonds. The molecule has 2 rings (SSSR count). The Balaban J connectivity index is 2.03. The first-order chi connectivity index (χ1) is 8.68. The van der Waals surface area contributed by atoms with Crippen LogP contribution >= 0.6 is 0 Å². The molecule has 0 saturated heterocycles. The first kappa shape index (κ1) is 11.9. The van der Waals surface area contributed by atoms with Crippen molar-refractivity contribution in [3.8, 4) is 5.75 Å². The Hall–Kier alpha value is -2.56. The van der Waals surface area contributed by atoms with Crippen LogP contribution in [0.1, 0.15) is 16.1 Å². The molecule has 5 heteroatoms. The molecule has 1 aromatic heterocycles. The fourth-order valence-corrected chi connectivity index (χ4v) is 1.49. The van der Waals surface area contributed by atoms with Crippen LogP contribution < -0.4 is 5.43 Å². The van der Waals surface area contributed by atoms with Gasteiger partial charge in [-0.1, -0.05) is 12.1 Å². The number of hydrazone groups is 1. The van der Waals surface area contributed by atoms with Gasteiger partial charge in [-0.3, -0.25) is 4.79 Å². The maximum Gasteiger partial charge on any atom is 0.275 e. The molecule has 0 unspecified atom stereocenters. The summed E-state index contributed by atoms with van der Waals surface area (Å²) < 4.78 is 1.87. The zero-order valence-corrected chi connectivity index (χ0v) is 9.87. The zero-order chi connectivity index (χ0) is 13.0. The predicted octanol–water partition coefficient (Wildman–Crippen LogP) is 1.49. The lowest BCUT2D eigenvalue weighted by Crippen LogP contribution is -2.17. The summed E-state index contributed by atoms with van der Waals surface area (Å²) in [6.07, 6.45) is 3.42. The van der Waals surface area contributed by atoms with Gasteiger partial charge in [0.15, 0.2) is 0 Å². The van der Waals surface area contributed by atoms with Crippen LogP contribution in [0.25, 0.3) is 0 Å². The van der Waals surface area contributed by atoms with E-state index in [9.17, 15) is 9.90 Å². The van der Waals surface area contributed by atoms with E-state index in [2.05, 4.69) is 10.5 Å². The van der Waals surface area contributed by atoms with E-state index < -0.39 is 5.91 Å². The van der Waals surface area contributed by atoms with E-state index in [1.807, 2.05) is 29.9 Å². The molecule has 2 aromatic rings. The molecular weight excluding hydrogens is 230 g/mol. The first-order valence-corrected chi connectivity index (χ1v) is 5.41. The molecule has 1 heterocycles. The lowest BCUT2D eigenvalue weighted by Gasteiger charge is -2.02. The maximum atomic E-state index is 11.7. The van der Waals surface area contributed by atoms with Crippen molar-refractivity contribution in [1.29, 1.82) is 0 Å². The van der Waals surface area contributed by atoms with Crippen LogP contribution in [0.5, 0.6) is 5.75 Å². The van der Waals surface area contributed by atoms with Crippen LogP contribution in [-0.2, 0) is 7.05 Å². The number of aromatic hydroxyl groups is 1. The molecule has 0 bridgehead atoms. The van der Waals surface area contributed by atoms with Gasteiger partial charge in [0.1, 0.15) is 5.75 Å². The Morgan fingerprint density at radius 3 is 2.78 bits per heavy atom. The lowest BCUT2D eigenvalue weighted by molar-refractivity contribution is 0.0952. The summed E-state index contributed by atoms with van der Waals surface area (Å²) in [5.41, 5.74) is 3.43. The molecule has 0 spiro atoms. The number of amides is 1. The Labute approximate surface area is 104 Å². The van der Waals surface area contributed by atoms with Gasteiger partial charge >= 0.3 is 0 Å². The summed E-state index contributed by atoms with van der Waals surface area (Å²) in [6, 6.07) is 10.1. The van der Waals surface area contributed by atoms with Crippen molar-refractivity contribution in [1.82, 2.24) is 9.99 Å². The normalized spacial score (nSPS) is 10.7. The second kappa shape index (κ2) is 5.18. The number of hydrogen-bond donors (Lipinski definition) is 2. The Kier molecular flexibility index (Phi) is 3.43. The average molecular weight is 243 g/mol. The minimum Gasteiger partial charge on any atom is -0.507 e. The fraction of sp³-hybridized carbons (Fsp3) is 0.0769. The van der Waals surface area contributed by atoms with Crippen LogP contribution in [0, 0.1) is 0 Å². The highest BCUT2D eigenvalue weighted by molar-refractivity contribution is 5.97. The standard InChI is InChI=1S/C13H13N3O2/c1-16-8-4-5-10(16)9-14-15-13(18)11-6-2-3-7-12(11)17/h2-9,17H,1H3,(H,15,18)/b14-9+. The highest BCUT2D eigenvalue weighted by Gasteiger charge is 2.08. The van der Waals surface area contributed by atoms with E-state index in [-0.39, 0.29) is 11.3 Å². The molecule has 0 aliphatic heterocycles. The van der Waals surface area contributed by atoms with Gasteiger partial charge in [0.2, 0.25) is 0 Å². The average Bonchev–Trinajstić information content (AvgIpc) is 2.75. The SMILES string of the molecule is Cn1cccc1/C=N/NC(=O)c1ccccc1O. The number of rotatable bonds is 3. The number of carbonyl (C=O) groups is 1. The Morgan fingerprint density at radius 2 is 2.11 bits per heavy atom. The topological polar surface area (TPSA) is 66.6 Å². The number of phenolic OH excluding ortho intramolecular Hbond substituents is 1. The number of phenols is 1. The molecule has 0 radical (unpaired) electrons. The molecule has 18 heavy (non-hydrogen) atoms. The van der Waals surface area contributed by atoms with E-state index in [0.717, 1.165) is 5.69 Å². The number of benzene rings is 1. The highest BCUT2D eigenvalue weighted by atomic mass is 16.3. The molecule has 1 aromatic carbocycles. The van der Waals surface area contributed by atoms with Gasteiger partial charge in [-0.2, -0.15) is 5.10 Å². The number of para-hydroxylation sites is 1. The van der Waals surface area contributed by atoms with Gasteiger partial charge in [0.25, 0.3) is 5.91 Å². The summed E-state index contributed by atoms with van der Waals surface area (Å²) in [4.78, 5) is 11.7. The molecule has 0 aliphatic rings. The quantitative estimate of drug-likeness (QED) is 0.633. The summed E-state index contributed by atoms with van der Waals surface area (Å²) in [5.74, 6) is -0.511. The minimum absolute atomic E-state index is 0.0657. The number of carbonyl (C=O) groups excluding carboxylic acids is 1. The smallest absolute Gasteiger partial charge is 0.275 e. The third kappa shape index (κ3) is 2.57. The second-order valence-corrected chi connectivity index (χ2v) is 3.76. The predicted molar refractivity (Wildman–Crippen MR) is 68.6 cm³/mol. The molecule has 0 saturated carbocycles. The van der Waals surface area contributed by atoms with Crippen LogP contribution in [0.2, 0.25) is 0 Å². The van der Waals surface area contributed by atoms with Gasteiger partial charge in [0, 0.05) is 13.2 Å². The molecule has 0 aliphatic carbocycles. The van der Waals surface area contributed by atoms with E-state index in [1.54, 1.807) is 12.1 Å². The van der Waals surface area contributed by atoms with E-state index >= 15 is 0 Å². The van der Waals surface area contributed by atoms with Gasteiger partial charge in [-0.05, 0) is 24.3 Å². The van der Waals surface area contributed by atoms with Crippen molar-refractivity contribution in [2.45, 2.75) is 0 Å². The number of aromatic nitrogens is 1. The van der Waals surface area contributed by atoms with Crippen molar-refractivity contribution in [3.63, 3.8) is 0 Å². The molecule has 92 valence electrons. The van der Waals surface area contributed by atoms with Crippen LogP contribution in [0.15, 0.2) is 47.7 Å². The van der Waals surface area contributed by atoms with Crippen LogP contribution in [0.3, 0.4) is 0 Å². The summed E-state index contributed by atoms with van der Waals surface area (Å²) in [5, 5.41) is 13.3. The molecule has 0 atom stereocenters. The third-order valence-electron chi connectivity index (χ3n) is 2.50. The van der Waals surface area contributed by atoms with Crippen molar-refractivity contribution in [2.24, 2.45) is 12.1 Å². The number of nitrogens with one attached hydrogen (secondary N) is 1. The summed E-state index contributed by atoms with van der Waals surface area (Å²) in [7, 11) is 1.88. The van der Waals surface area contributed by atoms with Gasteiger partial charge in [0.05, 0.1) is 17.5 Å². The first-order valence-electron chi connectivity index (χ1n) is 5.41. The molecule has 0 fully saturated rings. The number of hydrogen-bond acceptors (Lipinski definition) is 3. The lowest BCUT2D eigenvalue weighted by atomic mass is 10.2. The number of nitrogens with zero attached hydrogens (tertiary/aromatic N) is 2. The Morgan fingerprint density at radius 1 is 1.33 bits per heavy atom. The van der Waals surface area contributed by atoms with Crippen LogP contribution in [-0.4, -0.2) is 21.8 Å². The summed E-state index contributed by atoms with van der Waals surface area (Å²) in [6.45, 7) is 0. The largest absolute Gasteiger partial charge is 0.507 e. The van der Waals surface area contributed by atoms with E-state index in [4.69, 9.17) is 0 Å². The van der Waals surface area contributed by atoms with E-state index in [1.165, 1.54) is 18.3 Å². The molecule has 2 N–H and O–H groups in total. The molecular formula is C13H13N3O2. The maximum absolute atomic E-state index is 11.7. The third-order valence-corrected chi connectivity index (χ3v) is 2.50. The zero-order valence-electron chi connectivity index (χ0n) is 9.87. The van der Waals surface area contributed by atoms with Gasteiger partial charge in [-0.25, -0.2) is 5.43 Å². The monoisotopic (exact) mass is 243 g/mol. The Bertz CT molecular complexity index is 587. The van der Waals surface area contributed by atoms with Crippen molar-refractivity contribution in [2.75, 3.05) is 0 Å². The highest BCUT2D eigenvalue weighted by Crippen LogP contribution is 2.14. The molecule has 5 nitrogen and oxygen atoms in total. The number of aryl methyl sites for hydroxylation is 1. The van der Waals surface area contributed by atoms with Gasteiger partial charge < -0.3 is 9.67 Å². The van der Waals surface area contributed by atoms with Gasteiger partial charge in [-0.15, -0.1) is 0 Å². The second-order valence-electron chi connectivity index (χ2n) is 3.76. The van der Waals surface area contributed by atoms with Crippen molar-refractivity contribution >= 4 is 12.1 Å². The van der Waals surface area contributed by atoms with Crippen molar-refractivity contribution < 1.29 is 9.90 Å².